The van der Waals surface area contributed by atoms with Crippen molar-refractivity contribution in [3.05, 3.63) is 81.4 Å². The minimum absolute atomic E-state index is 0.00941. The summed E-state index contributed by atoms with van der Waals surface area (Å²) in [6, 6.07) is 7.57. The van der Waals surface area contributed by atoms with Crippen LogP contribution in [0.1, 0.15) is 36.9 Å². The fourth-order valence-corrected chi connectivity index (χ4v) is 5.05. The summed E-state index contributed by atoms with van der Waals surface area (Å²) < 4.78 is 40.4. The lowest BCUT2D eigenvalue weighted by atomic mass is 10.0. The maximum Gasteiger partial charge on any atom is 0.416 e. The number of rotatable bonds is 3. The zero-order valence-electron chi connectivity index (χ0n) is 17.5. The highest BCUT2D eigenvalue weighted by molar-refractivity contribution is 7.10. The second-order valence-corrected chi connectivity index (χ2v) is 8.78. The molecular weight excluding hydrogens is 469 g/mol. The Bertz CT molecular complexity index is 1430. The summed E-state index contributed by atoms with van der Waals surface area (Å²) in [5.74, 6) is -0.740. The second-order valence-electron chi connectivity index (χ2n) is 7.82. The number of halogens is 3. The van der Waals surface area contributed by atoms with Crippen LogP contribution in [-0.2, 0) is 19.1 Å². The van der Waals surface area contributed by atoms with Crippen molar-refractivity contribution in [2.24, 2.45) is 0 Å². The molecule has 3 aromatic heterocycles. The Hall–Kier alpha value is -3.86. The molecule has 0 fully saturated rings. The van der Waals surface area contributed by atoms with E-state index < -0.39 is 17.6 Å². The third kappa shape index (κ3) is 3.98. The number of hydrogen-bond donors (Lipinski definition) is 2. The van der Waals surface area contributed by atoms with E-state index in [9.17, 15) is 27.9 Å². The third-order valence-corrected chi connectivity index (χ3v) is 6.65. The Morgan fingerprint density at radius 2 is 2.00 bits per heavy atom. The zero-order valence-corrected chi connectivity index (χ0v) is 18.3. The molecule has 4 aromatic rings. The SMILES string of the molecule is O=C(Nc1cccc(C(F)(F)F)c1)c1csc2c1CCN(C(=O)c1cnc3ccc(O)cn13)C2. The van der Waals surface area contributed by atoms with Crippen LogP contribution >= 0.6 is 11.3 Å². The monoisotopic (exact) mass is 486 g/mol. The van der Waals surface area contributed by atoms with Gasteiger partial charge in [-0.2, -0.15) is 13.2 Å². The van der Waals surface area contributed by atoms with Gasteiger partial charge < -0.3 is 15.3 Å². The van der Waals surface area contributed by atoms with Crippen molar-refractivity contribution in [3.8, 4) is 5.75 Å². The van der Waals surface area contributed by atoms with Crippen molar-refractivity contribution in [2.45, 2.75) is 19.1 Å². The van der Waals surface area contributed by atoms with E-state index in [0.717, 1.165) is 22.6 Å². The number of imidazole rings is 1. The minimum atomic E-state index is -4.50. The molecule has 7 nitrogen and oxygen atoms in total. The highest BCUT2D eigenvalue weighted by Gasteiger charge is 2.31. The van der Waals surface area contributed by atoms with Crippen molar-refractivity contribution in [1.29, 1.82) is 0 Å². The topological polar surface area (TPSA) is 86.9 Å². The van der Waals surface area contributed by atoms with Gasteiger partial charge in [-0.1, -0.05) is 6.07 Å². The van der Waals surface area contributed by atoms with Gasteiger partial charge >= 0.3 is 6.18 Å². The average molecular weight is 486 g/mol. The number of pyridine rings is 1. The van der Waals surface area contributed by atoms with E-state index in [-0.39, 0.29) is 17.3 Å². The Balaban J connectivity index is 1.33. The van der Waals surface area contributed by atoms with E-state index in [1.165, 1.54) is 46.3 Å². The molecule has 0 saturated carbocycles. The molecule has 2 N–H and O–H groups in total. The standard InChI is InChI=1S/C23H17F3N4O3S/c24-23(25,26)13-2-1-3-14(8-13)28-21(32)17-12-34-19-11-29(7-6-16(17)19)22(33)18-9-27-20-5-4-15(31)10-30(18)20/h1-5,8-10,12,31H,6-7,11H2,(H,28,32). The highest BCUT2D eigenvalue weighted by Crippen LogP contribution is 2.32. The lowest BCUT2D eigenvalue weighted by Crippen LogP contribution is -2.36. The molecule has 0 spiro atoms. The molecule has 34 heavy (non-hydrogen) atoms. The van der Waals surface area contributed by atoms with Crippen molar-refractivity contribution in [3.63, 3.8) is 0 Å². The predicted octanol–water partition coefficient (Wildman–Crippen LogP) is 4.57. The minimum Gasteiger partial charge on any atom is -0.506 e. The summed E-state index contributed by atoms with van der Waals surface area (Å²) in [5, 5.41) is 13.9. The normalized spacial score (nSPS) is 13.7. The summed E-state index contributed by atoms with van der Waals surface area (Å²) in [4.78, 5) is 32.6. The molecule has 5 rings (SSSR count). The number of fused-ring (bicyclic) bond motifs is 2. The Morgan fingerprint density at radius 1 is 1.18 bits per heavy atom. The Kier molecular flexibility index (Phi) is 5.28. The van der Waals surface area contributed by atoms with Crippen molar-refractivity contribution >= 4 is 34.5 Å². The van der Waals surface area contributed by atoms with Gasteiger partial charge in [-0.3, -0.25) is 14.0 Å². The van der Waals surface area contributed by atoms with Crippen molar-refractivity contribution in [1.82, 2.24) is 14.3 Å². The first-order valence-corrected chi connectivity index (χ1v) is 11.1. The molecule has 0 aliphatic carbocycles. The maximum absolute atomic E-state index is 13.1. The summed E-state index contributed by atoms with van der Waals surface area (Å²) in [6.07, 6.45) is -1.20. The summed E-state index contributed by atoms with van der Waals surface area (Å²) >= 11 is 1.33. The van der Waals surface area contributed by atoms with E-state index in [0.29, 0.717) is 36.4 Å². The summed E-state index contributed by atoms with van der Waals surface area (Å²) in [5.41, 5.74) is 1.24. The molecule has 174 valence electrons. The van der Waals surface area contributed by atoms with Crippen LogP contribution in [0.4, 0.5) is 18.9 Å². The number of amides is 2. The van der Waals surface area contributed by atoms with Crippen molar-refractivity contribution in [2.75, 3.05) is 11.9 Å². The molecule has 11 heteroatoms. The lowest BCUT2D eigenvalue weighted by molar-refractivity contribution is -0.137. The van der Waals surface area contributed by atoms with Gasteiger partial charge in [0.2, 0.25) is 0 Å². The van der Waals surface area contributed by atoms with Gasteiger partial charge in [0.1, 0.15) is 17.1 Å². The van der Waals surface area contributed by atoms with Crippen LogP contribution in [0.3, 0.4) is 0 Å². The fraction of sp³-hybridized carbons (Fsp3) is 0.174. The van der Waals surface area contributed by atoms with Gasteiger partial charge in [-0.25, -0.2) is 4.98 Å². The molecular formula is C23H17F3N4O3S. The number of hydrogen-bond acceptors (Lipinski definition) is 5. The van der Waals surface area contributed by atoms with E-state index in [1.807, 2.05) is 0 Å². The molecule has 0 bridgehead atoms. The number of alkyl halides is 3. The van der Waals surface area contributed by atoms with Crippen LogP contribution < -0.4 is 5.32 Å². The third-order valence-electron chi connectivity index (χ3n) is 5.64. The van der Waals surface area contributed by atoms with Gasteiger partial charge in [-0.05, 0) is 42.3 Å². The van der Waals surface area contributed by atoms with Gasteiger partial charge in [0.05, 0.1) is 30.1 Å². The number of nitrogens with zero attached hydrogens (tertiary/aromatic N) is 3. The van der Waals surface area contributed by atoms with Gasteiger partial charge in [-0.15, -0.1) is 11.3 Å². The van der Waals surface area contributed by atoms with Gasteiger partial charge in [0, 0.05) is 22.5 Å². The first-order valence-electron chi connectivity index (χ1n) is 10.2. The summed E-state index contributed by atoms with van der Waals surface area (Å²) in [7, 11) is 0. The van der Waals surface area contributed by atoms with Gasteiger partial charge in [0.25, 0.3) is 11.8 Å². The number of carbonyl (C=O) groups is 2. The molecule has 1 aromatic carbocycles. The molecule has 1 aliphatic rings. The quantitative estimate of drug-likeness (QED) is 0.444. The highest BCUT2D eigenvalue weighted by atomic mass is 32.1. The lowest BCUT2D eigenvalue weighted by Gasteiger charge is -2.27. The van der Waals surface area contributed by atoms with Crippen LogP contribution in [-0.4, -0.2) is 37.8 Å². The number of thiophene rings is 1. The van der Waals surface area contributed by atoms with E-state index in [2.05, 4.69) is 10.3 Å². The molecule has 2 amide bonds. The average Bonchev–Trinajstić information content (AvgIpc) is 3.41. The Labute approximate surface area is 195 Å². The summed E-state index contributed by atoms with van der Waals surface area (Å²) in [6.45, 7) is 0.653. The molecule has 0 atom stereocenters. The first-order chi connectivity index (χ1) is 16.2. The first kappa shape index (κ1) is 22.0. The van der Waals surface area contributed by atoms with E-state index >= 15 is 0 Å². The van der Waals surface area contributed by atoms with Crippen LogP contribution in [0.5, 0.6) is 5.75 Å². The molecule has 0 unspecified atom stereocenters. The van der Waals surface area contributed by atoms with E-state index in [4.69, 9.17) is 0 Å². The Morgan fingerprint density at radius 3 is 2.79 bits per heavy atom. The van der Waals surface area contributed by atoms with Crippen LogP contribution in [0.2, 0.25) is 0 Å². The number of anilines is 1. The fourth-order valence-electron chi connectivity index (χ4n) is 3.95. The molecule has 0 radical (unpaired) electrons. The smallest absolute Gasteiger partial charge is 0.416 e. The maximum atomic E-state index is 13.1. The number of aromatic nitrogens is 2. The predicted molar refractivity (Wildman–Crippen MR) is 119 cm³/mol. The van der Waals surface area contributed by atoms with Crippen LogP contribution in [0, 0.1) is 0 Å². The van der Waals surface area contributed by atoms with Crippen LogP contribution in [0.25, 0.3) is 5.65 Å². The second kappa shape index (κ2) is 8.17. The molecule has 1 aliphatic heterocycles. The number of carbonyl (C=O) groups excluding carboxylic acids is 2. The number of nitrogens with one attached hydrogen (secondary N) is 1. The van der Waals surface area contributed by atoms with Crippen molar-refractivity contribution < 1.29 is 27.9 Å². The van der Waals surface area contributed by atoms with Gasteiger partial charge in [0.15, 0.2) is 0 Å². The molecule has 0 saturated heterocycles. The zero-order chi connectivity index (χ0) is 24.0. The van der Waals surface area contributed by atoms with Crippen LogP contribution in [0.15, 0.2) is 54.2 Å². The number of benzene rings is 1. The van der Waals surface area contributed by atoms with E-state index in [1.54, 1.807) is 16.3 Å². The largest absolute Gasteiger partial charge is 0.506 e. The molecule has 4 heterocycles. The number of aromatic hydroxyl groups is 1.